The largest absolute Gasteiger partial charge is 0.289 e. The Morgan fingerprint density at radius 1 is 1.24 bits per heavy atom. The van der Waals surface area contributed by atoms with E-state index in [4.69, 9.17) is 0 Å². The van der Waals surface area contributed by atoms with Gasteiger partial charge in [-0.1, -0.05) is 31.2 Å². The van der Waals surface area contributed by atoms with E-state index >= 15 is 0 Å². The van der Waals surface area contributed by atoms with Gasteiger partial charge in [0.25, 0.3) is 0 Å². The number of ketones is 1. The van der Waals surface area contributed by atoms with E-state index in [1.165, 1.54) is 5.56 Å². The summed E-state index contributed by atoms with van der Waals surface area (Å²) in [6.07, 6.45) is 4.95. The first kappa shape index (κ1) is 12.8. The van der Waals surface area contributed by atoms with E-state index in [-0.39, 0.29) is 5.78 Å². The van der Waals surface area contributed by atoms with Crippen LogP contribution in [0.25, 0.3) is 0 Å². The van der Waals surface area contributed by atoms with Gasteiger partial charge in [-0.2, -0.15) is 0 Å². The van der Waals surface area contributed by atoms with Crippen molar-refractivity contribution < 1.29 is 4.79 Å². The van der Waals surface area contributed by atoms with Crippen LogP contribution in [-0.4, -0.2) is 18.3 Å². The molecule has 1 aromatic rings. The van der Waals surface area contributed by atoms with Crippen molar-refractivity contribution in [2.75, 3.05) is 12.5 Å². The van der Waals surface area contributed by atoms with Crippen molar-refractivity contribution in [3.05, 3.63) is 45.2 Å². The van der Waals surface area contributed by atoms with Crippen molar-refractivity contribution in [2.45, 2.75) is 19.3 Å². The minimum absolute atomic E-state index is 0.220. The molecule has 1 aliphatic carbocycles. The molecule has 0 aromatic heterocycles. The number of thioether (sulfide) groups is 2. The summed E-state index contributed by atoms with van der Waals surface area (Å²) in [7, 11) is 0. The van der Waals surface area contributed by atoms with Gasteiger partial charge in [0.2, 0.25) is 0 Å². The summed E-state index contributed by atoms with van der Waals surface area (Å²) < 4.78 is 1.16. The van der Waals surface area contributed by atoms with Crippen LogP contribution in [-0.2, 0) is 0 Å². The Morgan fingerprint density at radius 3 is 2.53 bits per heavy atom. The third-order valence-corrected chi connectivity index (χ3v) is 5.37. The molecule has 0 N–H and O–H groups in total. The molecule has 0 bridgehead atoms. The molecule has 1 aromatic carbocycles. The summed E-state index contributed by atoms with van der Waals surface area (Å²) in [6.45, 7) is 2.20. The number of Topliss-reactive ketones (excluding diaryl/α,β-unsaturated/α-hetero) is 1. The van der Waals surface area contributed by atoms with Crippen molar-refractivity contribution in [1.82, 2.24) is 0 Å². The van der Waals surface area contributed by atoms with E-state index < -0.39 is 0 Å². The molecule has 3 heteroatoms. The Labute approximate surface area is 111 Å². The molecule has 0 saturated carbocycles. The van der Waals surface area contributed by atoms with Crippen LogP contribution in [0.4, 0.5) is 0 Å². The van der Waals surface area contributed by atoms with Crippen LogP contribution in [0.1, 0.15) is 35.2 Å². The summed E-state index contributed by atoms with van der Waals surface area (Å²) in [5, 5.41) is 0. The molecule has 0 radical (unpaired) electrons. The predicted octanol–water partition coefficient (Wildman–Crippen LogP) is 4.31. The SMILES string of the molecule is CSC(SC)=C1CC(C)c2ccccc2C1=O. The van der Waals surface area contributed by atoms with E-state index in [2.05, 4.69) is 13.0 Å². The van der Waals surface area contributed by atoms with Crippen LogP contribution in [0.15, 0.2) is 34.1 Å². The molecule has 1 atom stereocenters. The highest BCUT2D eigenvalue weighted by atomic mass is 32.2. The lowest BCUT2D eigenvalue weighted by molar-refractivity contribution is 0.102. The third-order valence-electron chi connectivity index (χ3n) is 3.14. The molecule has 0 spiro atoms. The standard InChI is InChI=1S/C14H16OS2/c1-9-8-12(14(16-2)17-3)13(15)11-7-5-4-6-10(9)11/h4-7,9H,8H2,1-3H3. The van der Waals surface area contributed by atoms with Gasteiger partial charge in [0, 0.05) is 15.4 Å². The van der Waals surface area contributed by atoms with Gasteiger partial charge >= 0.3 is 0 Å². The third kappa shape index (κ3) is 2.31. The lowest BCUT2D eigenvalue weighted by atomic mass is 9.81. The number of hydrogen-bond donors (Lipinski definition) is 0. The van der Waals surface area contributed by atoms with Gasteiger partial charge in [-0.15, -0.1) is 23.5 Å². The van der Waals surface area contributed by atoms with Crippen molar-refractivity contribution in [3.63, 3.8) is 0 Å². The molecule has 2 rings (SSSR count). The number of allylic oxidation sites excluding steroid dienone is 1. The Balaban J connectivity index is 2.53. The van der Waals surface area contributed by atoms with Gasteiger partial charge in [0.05, 0.1) is 0 Å². The second-order valence-electron chi connectivity index (χ2n) is 4.20. The number of fused-ring (bicyclic) bond motifs is 1. The molecule has 1 aliphatic rings. The first-order valence-electron chi connectivity index (χ1n) is 5.63. The summed E-state index contributed by atoms with van der Waals surface area (Å²) in [5.41, 5.74) is 3.08. The van der Waals surface area contributed by atoms with Gasteiger partial charge < -0.3 is 0 Å². The topological polar surface area (TPSA) is 17.1 Å². The Hall–Kier alpha value is -0.670. The summed E-state index contributed by atoms with van der Waals surface area (Å²) in [4.78, 5) is 12.4. The van der Waals surface area contributed by atoms with Gasteiger partial charge in [0.15, 0.2) is 5.78 Å². The maximum absolute atomic E-state index is 12.4. The number of carbonyl (C=O) groups is 1. The maximum Gasteiger partial charge on any atom is 0.190 e. The van der Waals surface area contributed by atoms with Crippen molar-refractivity contribution >= 4 is 29.3 Å². The molecule has 1 unspecified atom stereocenters. The van der Waals surface area contributed by atoms with E-state index in [1.54, 1.807) is 23.5 Å². The number of benzene rings is 1. The number of hydrogen-bond acceptors (Lipinski definition) is 3. The second kappa shape index (κ2) is 5.32. The first-order chi connectivity index (χ1) is 8.19. The van der Waals surface area contributed by atoms with E-state index in [9.17, 15) is 4.79 Å². The molecule has 0 heterocycles. The van der Waals surface area contributed by atoms with Gasteiger partial charge in [0.1, 0.15) is 0 Å². The molecule has 90 valence electrons. The lowest BCUT2D eigenvalue weighted by Crippen LogP contribution is -2.17. The van der Waals surface area contributed by atoms with Crippen LogP contribution in [0, 0.1) is 0 Å². The quantitative estimate of drug-likeness (QED) is 0.741. The Bertz CT molecular complexity index is 471. The highest BCUT2D eigenvalue weighted by Gasteiger charge is 2.28. The zero-order valence-corrected chi connectivity index (χ0v) is 12.0. The maximum atomic E-state index is 12.4. The number of carbonyl (C=O) groups excluding carboxylic acids is 1. The highest BCUT2D eigenvalue weighted by Crippen LogP contribution is 2.40. The van der Waals surface area contributed by atoms with Crippen LogP contribution < -0.4 is 0 Å². The summed E-state index contributed by atoms with van der Waals surface area (Å²) >= 11 is 3.36. The van der Waals surface area contributed by atoms with Gasteiger partial charge in [-0.3, -0.25) is 4.79 Å². The minimum Gasteiger partial charge on any atom is -0.289 e. The fraction of sp³-hybridized carbons (Fsp3) is 0.357. The van der Waals surface area contributed by atoms with E-state index in [0.29, 0.717) is 5.92 Å². The zero-order valence-electron chi connectivity index (χ0n) is 10.3. The van der Waals surface area contributed by atoms with E-state index in [0.717, 1.165) is 21.8 Å². The molecule has 0 saturated heterocycles. The summed E-state index contributed by atoms with van der Waals surface area (Å²) in [5.74, 6) is 0.658. The number of rotatable bonds is 2. The van der Waals surface area contributed by atoms with E-state index in [1.807, 2.05) is 30.7 Å². The smallest absolute Gasteiger partial charge is 0.190 e. The average Bonchev–Trinajstić information content (AvgIpc) is 2.37. The van der Waals surface area contributed by atoms with Crippen LogP contribution >= 0.6 is 23.5 Å². The first-order valence-corrected chi connectivity index (χ1v) is 8.08. The van der Waals surface area contributed by atoms with Crippen LogP contribution in [0.5, 0.6) is 0 Å². The van der Waals surface area contributed by atoms with Crippen molar-refractivity contribution in [2.24, 2.45) is 0 Å². The van der Waals surface area contributed by atoms with Crippen LogP contribution in [0.3, 0.4) is 0 Å². The van der Waals surface area contributed by atoms with Crippen molar-refractivity contribution in [3.8, 4) is 0 Å². The van der Waals surface area contributed by atoms with Gasteiger partial charge in [-0.25, -0.2) is 0 Å². The molecule has 0 fully saturated rings. The molecular formula is C14H16OS2. The van der Waals surface area contributed by atoms with Crippen LogP contribution in [0.2, 0.25) is 0 Å². The minimum atomic E-state index is 0.220. The molecule has 0 aliphatic heterocycles. The Morgan fingerprint density at radius 2 is 1.88 bits per heavy atom. The molecule has 1 nitrogen and oxygen atoms in total. The molecular weight excluding hydrogens is 248 g/mol. The molecule has 17 heavy (non-hydrogen) atoms. The normalized spacial score (nSPS) is 19.1. The van der Waals surface area contributed by atoms with Gasteiger partial charge in [-0.05, 0) is 30.4 Å². The monoisotopic (exact) mass is 264 g/mol. The second-order valence-corrected chi connectivity index (χ2v) is 6.09. The fourth-order valence-electron chi connectivity index (χ4n) is 2.31. The zero-order chi connectivity index (χ0) is 12.4. The Kier molecular flexibility index (Phi) is 4.00. The van der Waals surface area contributed by atoms with Crippen molar-refractivity contribution in [1.29, 1.82) is 0 Å². The fourth-order valence-corrected chi connectivity index (χ4v) is 3.82. The highest BCUT2D eigenvalue weighted by molar-refractivity contribution is 8.21. The lowest BCUT2D eigenvalue weighted by Gasteiger charge is -2.24. The predicted molar refractivity (Wildman–Crippen MR) is 77.9 cm³/mol. The average molecular weight is 264 g/mol. The molecule has 0 amide bonds. The summed E-state index contributed by atoms with van der Waals surface area (Å²) in [6, 6.07) is 7.99.